The number of rotatable bonds is 5. The fraction of sp³-hybridized carbons (Fsp3) is 0.467. The van der Waals surface area contributed by atoms with Gasteiger partial charge in [0.15, 0.2) is 0 Å². The van der Waals surface area contributed by atoms with E-state index in [1.807, 2.05) is 4.90 Å². The van der Waals surface area contributed by atoms with E-state index in [0.29, 0.717) is 12.4 Å². The molecule has 23 heavy (non-hydrogen) atoms. The zero-order valence-electron chi connectivity index (χ0n) is 13.0. The number of methoxy groups -OCH3 is 1. The summed E-state index contributed by atoms with van der Waals surface area (Å²) in [6.07, 6.45) is 6.74. The van der Waals surface area contributed by atoms with Gasteiger partial charge in [-0.2, -0.15) is 10.1 Å². The maximum Gasteiger partial charge on any atom is 0.319 e. The van der Waals surface area contributed by atoms with Crippen LogP contribution in [0, 0.1) is 0 Å². The van der Waals surface area contributed by atoms with Gasteiger partial charge in [0.1, 0.15) is 12.6 Å². The summed E-state index contributed by atoms with van der Waals surface area (Å²) in [7, 11) is 1.51. The molecular weight excluding hydrogens is 298 g/mol. The molecule has 8 heteroatoms. The number of amides is 1. The van der Waals surface area contributed by atoms with Gasteiger partial charge in [-0.15, -0.1) is 0 Å². The highest BCUT2D eigenvalue weighted by atomic mass is 16.5. The van der Waals surface area contributed by atoms with Crippen molar-refractivity contribution in [3.8, 4) is 11.9 Å². The Hall–Kier alpha value is -2.64. The number of piperidine rings is 1. The SMILES string of the molecule is COc1nccc(OC2CCCN(C(=O)Cn3cccn3)C2)n1. The Labute approximate surface area is 134 Å². The summed E-state index contributed by atoms with van der Waals surface area (Å²) < 4.78 is 12.5. The van der Waals surface area contributed by atoms with Gasteiger partial charge in [0.05, 0.1) is 13.7 Å². The highest BCUT2D eigenvalue weighted by Crippen LogP contribution is 2.18. The number of carbonyl (C=O) groups is 1. The van der Waals surface area contributed by atoms with E-state index in [2.05, 4.69) is 15.1 Å². The summed E-state index contributed by atoms with van der Waals surface area (Å²) in [5.74, 6) is 0.505. The summed E-state index contributed by atoms with van der Waals surface area (Å²) in [5.41, 5.74) is 0. The van der Waals surface area contributed by atoms with Crippen LogP contribution < -0.4 is 9.47 Å². The van der Waals surface area contributed by atoms with E-state index >= 15 is 0 Å². The topological polar surface area (TPSA) is 82.4 Å². The number of hydrogen-bond acceptors (Lipinski definition) is 6. The summed E-state index contributed by atoms with van der Waals surface area (Å²) in [6, 6.07) is 3.76. The van der Waals surface area contributed by atoms with Gasteiger partial charge in [0.2, 0.25) is 11.8 Å². The normalized spacial score (nSPS) is 17.8. The van der Waals surface area contributed by atoms with Gasteiger partial charge in [-0.1, -0.05) is 0 Å². The van der Waals surface area contributed by atoms with Crippen LogP contribution in [0.1, 0.15) is 12.8 Å². The lowest BCUT2D eigenvalue weighted by Gasteiger charge is -2.32. The fourth-order valence-corrected chi connectivity index (χ4v) is 2.55. The Bertz CT molecular complexity index is 646. The van der Waals surface area contributed by atoms with Gasteiger partial charge >= 0.3 is 6.01 Å². The molecule has 1 aliphatic rings. The number of ether oxygens (including phenoxy) is 2. The predicted molar refractivity (Wildman–Crippen MR) is 81.0 cm³/mol. The van der Waals surface area contributed by atoms with Crippen molar-refractivity contribution in [2.45, 2.75) is 25.5 Å². The third kappa shape index (κ3) is 3.97. The average Bonchev–Trinajstić information content (AvgIpc) is 3.08. The number of likely N-dealkylation sites (tertiary alicyclic amines) is 1. The zero-order valence-corrected chi connectivity index (χ0v) is 13.0. The molecule has 0 aliphatic carbocycles. The highest BCUT2D eigenvalue weighted by molar-refractivity contribution is 5.76. The molecule has 8 nitrogen and oxygen atoms in total. The third-order valence-electron chi connectivity index (χ3n) is 3.67. The van der Waals surface area contributed by atoms with Crippen molar-refractivity contribution in [3.05, 3.63) is 30.7 Å². The molecule has 1 aliphatic heterocycles. The largest absolute Gasteiger partial charge is 0.472 e. The number of hydrogen-bond donors (Lipinski definition) is 0. The Morgan fingerprint density at radius 2 is 2.35 bits per heavy atom. The van der Waals surface area contributed by atoms with Crippen molar-refractivity contribution < 1.29 is 14.3 Å². The molecule has 1 fully saturated rings. The van der Waals surface area contributed by atoms with Gasteiger partial charge in [0, 0.05) is 31.2 Å². The first-order chi connectivity index (χ1) is 11.2. The third-order valence-corrected chi connectivity index (χ3v) is 3.67. The van der Waals surface area contributed by atoms with Crippen molar-refractivity contribution in [2.75, 3.05) is 20.2 Å². The molecule has 2 aromatic heterocycles. The predicted octanol–water partition coefficient (Wildman–Crippen LogP) is 0.752. The van der Waals surface area contributed by atoms with Gasteiger partial charge < -0.3 is 14.4 Å². The Balaban J connectivity index is 1.58. The van der Waals surface area contributed by atoms with Crippen molar-refractivity contribution in [1.82, 2.24) is 24.6 Å². The van der Waals surface area contributed by atoms with E-state index in [4.69, 9.17) is 9.47 Å². The molecule has 1 saturated heterocycles. The van der Waals surface area contributed by atoms with Gasteiger partial charge in [-0.25, -0.2) is 4.98 Å². The molecule has 2 aromatic rings. The lowest BCUT2D eigenvalue weighted by molar-refractivity contribution is -0.134. The first-order valence-corrected chi connectivity index (χ1v) is 7.53. The number of carbonyl (C=O) groups excluding carboxylic acids is 1. The van der Waals surface area contributed by atoms with E-state index in [-0.39, 0.29) is 24.6 Å². The smallest absolute Gasteiger partial charge is 0.319 e. The number of aromatic nitrogens is 4. The minimum Gasteiger partial charge on any atom is -0.472 e. The second-order valence-electron chi connectivity index (χ2n) is 5.31. The molecule has 1 amide bonds. The van der Waals surface area contributed by atoms with Crippen LogP contribution in [0.5, 0.6) is 11.9 Å². The van der Waals surface area contributed by atoms with Gasteiger partial charge in [-0.05, 0) is 18.9 Å². The van der Waals surface area contributed by atoms with Crippen molar-refractivity contribution in [3.63, 3.8) is 0 Å². The lowest BCUT2D eigenvalue weighted by atomic mass is 10.1. The summed E-state index contributed by atoms with van der Waals surface area (Å²) in [6.45, 7) is 1.54. The van der Waals surface area contributed by atoms with Gasteiger partial charge in [-0.3, -0.25) is 9.48 Å². The molecule has 0 spiro atoms. The van der Waals surface area contributed by atoms with Crippen LogP contribution in [0.3, 0.4) is 0 Å². The summed E-state index contributed by atoms with van der Waals surface area (Å²) >= 11 is 0. The molecule has 0 radical (unpaired) electrons. The monoisotopic (exact) mass is 317 g/mol. The van der Waals surface area contributed by atoms with E-state index in [0.717, 1.165) is 19.4 Å². The Kier molecular flexibility index (Phi) is 4.70. The van der Waals surface area contributed by atoms with E-state index < -0.39 is 0 Å². The minimum absolute atomic E-state index is 0.0438. The molecule has 0 bridgehead atoms. The lowest BCUT2D eigenvalue weighted by Crippen LogP contribution is -2.45. The molecule has 1 atom stereocenters. The molecule has 122 valence electrons. The van der Waals surface area contributed by atoms with Crippen molar-refractivity contribution in [1.29, 1.82) is 0 Å². The second-order valence-corrected chi connectivity index (χ2v) is 5.31. The van der Waals surface area contributed by atoms with Crippen LogP contribution in [0.25, 0.3) is 0 Å². The molecule has 3 heterocycles. The van der Waals surface area contributed by atoms with Crippen molar-refractivity contribution in [2.24, 2.45) is 0 Å². The van der Waals surface area contributed by atoms with Crippen LogP contribution in [0.4, 0.5) is 0 Å². The zero-order chi connectivity index (χ0) is 16.1. The van der Waals surface area contributed by atoms with E-state index in [1.165, 1.54) is 7.11 Å². The van der Waals surface area contributed by atoms with E-state index in [9.17, 15) is 4.79 Å². The van der Waals surface area contributed by atoms with Crippen LogP contribution in [-0.4, -0.2) is 56.9 Å². The molecule has 0 aromatic carbocycles. The molecule has 0 saturated carbocycles. The molecule has 0 N–H and O–H groups in total. The van der Waals surface area contributed by atoms with Gasteiger partial charge in [0.25, 0.3) is 0 Å². The quantitative estimate of drug-likeness (QED) is 0.809. The van der Waals surface area contributed by atoms with Crippen LogP contribution in [-0.2, 0) is 11.3 Å². The Morgan fingerprint density at radius 1 is 1.43 bits per heavy atom. The van der Waals surface area contributed by atoms with Crippen LogP contribution in [0.15, 0.2) is 30.7 Å². The first kappa shape index (κ1) is 15.3. The number of nitrogens with zero attached hydrogens (tertiary/aromatic N) is 5. The second kappa shape index (κ2) is 7.08. The molecule has 3 rings (SSSR count). The first-order valence-electron chi connectivity index (χ1n) is 7.53. The highest BCUT2D eigenvalue weighted by Gasteiger charge is 2.25. The maximum atomic E-state index is 12.3. The minimum atomic E-state index is -0.0788. The molecule has 1 unspecified atom stereocenters. The fourth-order valence-electron chi connectivity index (χ4n) is 2.55. The van der Waals surface area contributed by atoms with Crippen LogP contribution in [0.2, 0.25) is 0 Å². The summed E-state index contributed by atoms with van der Waals surface area (Å²) in [4.78, 5) is 22.2. The standard InChI is InChI=1S/C15H19N5O3/c1-22-15-16-7-5-13(18-15)23-12-4-2-8-19(10-12)14(21)11-20-9-3-6-17-20/h3,5-7,9,12H,2,4,8,10-11H2,1H3. The maximum absolute atomic E-state index is 12.3. The van der Waals surface area contributed by atoms with E-state index in [1.54, 1.807) is 35.4 Å². The summed E-state index contributed by atoms with van der Waals surface area (Å²) in [5, 5.41) is 4.06. The Morgan fingerprint density at radius 3 is 3.13 bits per heavy atom. The molecular formula is C15H19N5O3. The average molecular weight is 317 g/mol. The van der Waals surface area contributed by atoms with Crippen molar-refractivity contribution >= 4 is 5.91 Å². The van der Waals surface area contributed by atoms with Crippen LogP contribution >= 0.6 is 0 Å².